The van der Waals surface area contributed by atoms with E-state index < -0.39 is 150 Å². The number of guanidine groups is 1. The average molecular weight is 1370 g/mol. The van der Waals surface area contributed by atoms with Crippen molar-refractivity contribution in [2.24, 2.45) is 80.8 Å². The highest BCUT2D eigenvalue weighted by Gasteiger charge is 2.19. The minimum Gasteiger partial charge on any atom is -0.481 e. The first-order valence-corrected chi connectivity index (χ1v) is 27.5. The molecule has 548 valence electrons. The van der Waals surface area contributed by atoms with Crippen LogP contribution < -0.4 is 68.4 Å². The number of carboxylic acids is 14. The highest BCUT2D eigenvalue weighted by Crippen LogP contribution is 2.05. The van der Waals surface area contributed by atoms with Crippen molar-refractivity contribution in [2.45, 2.75) is 186 Å². The number of rotatable bonds is 32. The van der Waals surface area contributed by atoms with E-state index >= 15 is 0 Å². The van der Waals surface area contributed by atoms with Crippen LogP contribution >= 0.6 is 0 Å². The van der Waals surface area contributed by atoms with E-state index in [2.05, 4.69) is 15.3 Å². The number of aromatic amines is 1. The lowest BCUT2D eigenvalue weighted by Gasteiger charge is -2.11. The van der Waals surface area contributed by atoms with Gasteiger partial charge in [0.05, 0.1) is 18.4 Å². The molecule has 43 heteroatoms. The molecule has 0 saturated carbocycles. The summed E-state index contributed by atoms with van der Waals surface area (Å²) in [5, 5.41) is 124. The van der Waals surface area contributed by atoms with Crippen molar-refractivity contribution >= 4 is 89.5 Å². The Morgan fingerprint density at radius 3 is 0.947 bits per heavy atom. The summed E-state index contributed by atoms with van der Waals surface area (Å²) in [6.45, 7) is 13.1. The highest BCUT2D eigenvalue weighted by molar-refractivity contribution is 5.80. The van der Waals surface area contributed by atoms with Crippen LogP contribution in [0.3, 0.4) is 0 Å². The Balaban J connectivity index is -0.000000122. The molecule has 1 aromatic rings. The minimum absolute atomic E-state index is 0.0208. The third kappa shape index (κ3) is 82.7. The predicted octanol–water partition coefficient (Wildman–Crippen LogP) is -4.95. The normalized spacial score (nSPS) is 13.2. The van der Waals surface area contributed by atoms with Crippen LogP contribution in [0.5, 0.6) is 0 Å². The molecule has 11 atom stereocenters. The monoisotopic (exact) mass is 1370 g/mol. The molecule has 0 spiro atoms. The van der Waals surface area contributed by atoms with Crippen molar-refractivity contribution in [3.05, 3.63) is 18.2 Å². The molecule has 0 aliphatic heterocycles. The summed E-state index contributed by atoms with van der Waals surface area (Å²) in [4.78, 5) is 146. The number of carboxylic acid groups (broad SMARTS) is 14. The quantitative estimate of drug-likeness (QED) is 0.0183. The van der Waals surface area contributed by atoms with Gasteiger partial charge in [-0.15, -0.1) is 0 Å². The highest BCUT2D eigenvalue weighted by atomic mass is 16.4. The Bertz CT molecular complexity index is 2290. The summed E-state index contributed by atoms with van der Waals surface area (Å²) in [7, 11) is 0. The van der Waals surface area contributed by atoms with E-state index in [0.717, 1.165) is 6.42 Å². The number of H-pyrrole nitrogens is 1. The molecule has 0 saturated heterocycles. The summed E-state index contributed by atoms with van der Waals surface area (Å²) in [6.07, 6.45) is 4.51. The Labute approximate surface area is 539 Å². The average Bonchev–Trinajstić information content (AvgIpc) is 4.12. The maximum absolute atomic E-state index is 10.3. The van der Waals surface area contributed by atoms with Crippen LogP contribution in [0.25, 0.3) is 0 Å². The van der Waals surface area contributed by atoms with Crippen LogP contribution in [-0.4, -0.2) is 238 Å². The number of aliphatic carboxylic acids is 14. The standard InChI is InChI=1S/C6H14N4O2.C6H9N3O2.2C6H13NO2.3C5H9NO4.C5H11NO2.C4H7NO4.C3H7NO2/c7-4(5(11)12)2-1-3-10-6(8)9;7-5(6(10)11)1-4-2-8-3-9-4;1-4(2)3-5(7)6(8)9;1-3-4(2)5(7)6(8)9;3*6-3(5(9)10)1-2-4(7)8;1-3(2)4(6)5(7)8;5-2(4(8)9)1-3(6)7;1-2(4)3(5)6/h4H,1-3,7H2,(H,11,12)(H4,8,9,10);2-3,5H,1,7H2,(H,8,9)(H,10,11);2*4-5H,3,7H2,1-2H3,(H,8,9);3*3H,1-2,6H2,(H,7,8)(H,9,10);3-4H,6H2,1-2H3,(H,7,8);2H,1,5H2,(H,6,7)(H,8,9);2H,4H2,1H3,(H,5,6)/t4-;2*5-;4-,5-;3*3-;4-;2*2-/m0000000000/s1. The zero-order chi connectivity index (χ0) is 76.5. The van der Waals surface area contributed by atoms with Gasteiger partial charge in [-0.3, -0.25) is 72.5 Å². The summed E-state index contributed by atoms with van der Waals surface area (Å²) >= 11 is 0. The van der Waals surface area contributed by atoms with Crippen molar-refractivity contribution < 1.29 is 139 Å². The number of nitrogens with zero attached hydrogens (tertiary/aromatic N) is 1. The van der Waals surface area contributed by atoms with Gasteiger partial charge in [0.1, 0.15) is 60.4 Å². The number of hydrogen-bond acceptors (Lipinski definition) is 26. The molecule has 1 aromatic heterocycles. The van der Waals surface area contributed by atoms with Crippen molar-refractivity contribution in [1.29, 1.82) is 5.41 Å². The van der Waals surface area contributed by atoms with E-state index in [4.69, 9.17) is 140 Å². The molecule has 0 aromatic carbocycles. The molecule has 94 heavy (non-hydrogen) atoms. The summed E-state index contributed by atoms with van der Waals surface area (Å²) in [5.41, 5.74) is 56.5. The number of nitrogens with one attached hydrogen (secondary N) is 3. The molecule has 0 amide bonds. The second kappa shape index (κ2) is 62.5. The van der Waals surface area contributed by atoms with Crippen molar-refractivity contribution in [3.8, 4) is 0 Å². The van der Waals surface area contributed by atoms with Crippen molar-refractivity contribution in [3.63, 3.8) is 0 Å². The Morgan fingerprint density at radius 2 is 0.777 bits per heavy atom. The molecule has 0 aliphatic rings. The molecule has 0 unspecified atom stereocenters. The van der Waals surface area contributed by atoms with Gasteiger partial charge in [-0.25, -0.2) is 4.98 Å². The lowest BCUT2D eigenvalue weighted by Crippen LogP contribution is -2.36. The third-order valence-electron chi connectivity index (χ3n) is 10.3. The van der Waals surface area contributed by atoms with Gasteiger partial charge in [0, 0.05) is 38.4 Å². The van der Waals surface area contributed by atoms with Gasteiger partial charge in [-0.1, -0.05) is 48.0 Å². The molecule has 0 radical (unpaired) electrons. The molecule has 1 rings (SSSR count). The van der Waals surface area contributed by atoms with Crippen molar-refractivity contribution in [2.75, 3.05) is 6.54 Å². The van der Waals surface area contributed by atoms with Crippen molar-refractivity contribution in [1.82, 2.24) is 15.3 Å². The topological polar surface area (TPSA) is 873 Å². The lowest BCUT2D eigenvalue weighted by molar-refractivity contribution is -0.144. The number of aromatic nitrogens is 2. The number of carbonyl (C=O) groups is 14. The number of nitrogens with two attached hydrogens (primary N) is 11. The molecular weight excluding hydrogens is 1270 g/mol. The summed E-state index contributed by atoms with van der Waals surface area (Å²) < 4.78 is 0. The zero-order valence-corrected chi connectivity index (χ0v) is 53.1. The zero-order valence-electron chi connectivity index (χ0n) is 53.1. The summed E-state index contributed by atoms with van der Waals surface area (Å²) in [5.74, 6) is -14.5. The fourth-order valence-electron chi connectivity index (χ4n) is 4.26. The second-order valence-electron chi connectivity index (χ2n) is 19.9. The molecule has 0 aliphatic carbocycles. The van der Waals surface area contributed by atoms with Crippen LogP contribution in [0.1, 0.15) is 125 Å². The Hall–Kier alpha value is -9.34. The number of hydrogen-bond donors (Lipinski definition) is 28. The largest absolute Gasteiger partial charge is 0.481 e. The van der Waals surface area contributed by atoms with E-state index in [0.29, 0.717) is 37.4 Å². The molecule has 1 heterocycles. The first-order chi connectivity index (χ1) is 42.7. The molecular formula is C51H101N15O28. The number of imidazole rings is 1. The van der Waals surface area contributed by atoms with Crippen LogP contribution in [-0.2, 0) is 73.5 Å². The van der Waals surface area contributed by atoms with Crippen LogP contribution in [0, 0.1) is 23.2 Å². The minimum atomic E-state index is -1.29. The van der Waals surface area contributed by atoms with Gasteiger partial charge in [-0.05, 0) is 63.2 Å². The predicted molar refractivity (Wildman–Crippen MR) is 330 cm³/mol. The van der Waals surface area contributed by atoms with Gasteiger partial charge < -0.3 is 145 Å². The first-order valence-electron chi connectivity index (χ1n) is 27.5. The van der Waals surface area contributed by atoms with E-state index in [1.54, 1.807) is 20.0 Å². The molecule has 39 N–H and O–H groups in total. The second-order valence-corrected chi connectivity index (χ2v) is 19.9. The lowest BCUT2D eigenvalue weighted by atomic mass is 10.0. The van der Waals surface area contributed by atoms with Gasteiger partial charge in [0.2, 0.25) is 0 Å². The van der Waals surface area contributed by atoms with E-state index in [-0.39, 0.29) is 62.7 Å². The third-order valence-corrected chi connectivity index (χ3v) is 10.3. The molecule has 0 bridgehead atoms. The van der Waals surface area contributed by atoms with Crippen LogP contribution in [0.15, 0.2) is 12.5 Å². The fraction of sp³-hybridized carbons (Fsp3) is 0.647. The van der Waals surface area contributed by atoms with Crippen LogP contribution in [0.2, 0.25) is 0 Å². The molecule has 43 nitrogen and oxygen atoms in total. The fourth-order valence-corrected chi connectivity index (χ4v) is 4.26. The van der Waals surface area contributed by atoms with Gasteiger partial charge in [0.15, 0.2) is 5.96 Å². The maximum atomic E-state index is 10.3. The smallest absolute Gasteiger partial charge is 0.321 e. The van der Waals surface area contributed by atoms with Gasteiger partial charge >= 0.3 is 83.6 Å². The van der Waals surface area contributed by atoms with Crippen LogP contribution in [0.4, 0.5) is 0 Å². The summed E-state index contributed by atoms with van der Waals surface area (Å²) in [6, 6.07) is -8.98. The SMILES string of the molecule is CC(C)C[C@H](N)C(=O)O.CC(C)[C@H](N)C(=O)O.CC[C@H](C)[C@H](N)C(=O)O.C[C@H](N)C(=O)O.N=C(N)NCCC[C@H](N)C(=O)O.N[C@@H](CC(=O)O)C(=O)O.N[C@@H](CCC(=O)O)C(=O)O.N[C@@H](CCC(=O)O)C(=O)O.N[C@@H](CCC(=O)O)C(=O)O.N[C@@H](Cc1c[nH]cn1)C(=O)O. The van der Waals surface area contributed by atoms with E-state index in [1.807, 2.05) is 27.7 Å². The van der Waals surface area contributed by atoms with E-state index in [9.17, 15) is 67.1 Å². The van der Waals surface area contributed by atoms with Gasteiger partial charge in [0.25, 0.3) is 0 Å². The maximum Gasteiger partial charge on any atom is 0.321 e. The van der Waals surface area contributed by atoms with E-state index in [1.165, 1.54) is 13.3 Å². The van der Waals surface area contributed by atoms with Gasteiger partial charge in [-0.2, -0.15) is 0 Å². The first kappa shape index (κ1) is 104. The molecule has 0 fully saturated rings. The Morgan fingerprint density at radius 1 is 0.457 bits per heavy atom. The Kier molecular flexibility index (Phi) is 68.8.